The van der Waals surface area contributed by atoms with Crippen LogP contribution in [0.4, 0.5) is 0 Å². The highest BCUT2D eigenvalue weighted by atomic mass is 35.5. The molecule has 1 atom stereocenters. The number of aromatic amines is 1. The number of furan rings is 1. The first-order valence-corrected chi connectivity index (χ1v) is 11.5. The Labute approximate surface area is 212 Å². The molecule has 1 aliphatic rings. The van der Waals surface area contributed by atoms with Crippen LogP contribution in [0, 0.1) is 6.92 Å². The van der Waals surface area contributed by atoms with E-state index < -0.39 is 6.04 Å². The van der Waals surface area contributed by atoms with Gasteiger partial charge in [-0.15, -0.1) is 0 Å². The number of amides is 1. The molecule has 3 heterocycles. The topological polar surface area (TPSA) is 110 Å². The van der Waals surface area contributed by atoms with Crippen molar-refractivity contribution in [2.24, 2.45) is 0 Å². The van der Waals surface area contributed by atoms with E-state index in [9.17, 15) is 9.90 Å². The number of methoxy groups -OCH3 is 3. The van der Waals surface area contributed by atoms with E-state index in [0.717, 1.165) is 5.56 Å². The number of hydrogen-bond donors (Lipinski definition) is 2. The number of fused-ring (bicyclic) bond motifs is 1. The smallest absolute Gasteiger partial charge is 0.273 e. The number of carbonyl (C=O) groups is 1. The summed E-state index contributed by atoms with van der Waals surface area (Å²) in [7, 11) is 4.59. The van der Waals surface area contributed by atoms with E-state index in [1.807, 2.05) is 0 Å². The van der Waals surface area contributed by atoms with Crippen molar-refractivity contribution in [3.05, 3.63) is 75.8 Å². The van der Waals surface area contributed by atoms with Crippen LogP contribution in [0.3, 0.4) is 0 Å². The van der Waals surface area contributed by atoms with Gasteiger partial charge < -0.3 is 28.6 Å². The van der Waals surface area contributed by atoms with Gasteiger partial charge in [0.25, 0.3) is 5.91 Å². The first-order valence-electron chi connectivity index (χ1n) is 11.1. The maximum absolute atomic E-state index is 13.6. The predicted molar refractivity (Wildman–Crippen MR) is 132 cm³/mol. The maximum atomic E-state index is 13.6. The molecule has 2 aromatic heterocycles. The van der Waals surface area contributed by atoms with Crippen molar-refractivity contribution in [1.82, 2.24) is 15.1 Å². The normalized spacial score (nSPS) is 14.8. The number of nitrogens with one attached hydrogen (secondary N) is 1. The summed E-state index contributed by atoms with van der Waals surface area (Å²) in [5, 5.41) is 18.5. The highest BCUT2D eigenvalue weighted by Gasteiger charge is 2.43. The number of nitrogens with zero attached hydrogens (tertiary/aromatic N) is 2. The molecule has 4 aromatic rings. The van der Waals surface area contributed by atoms with Gasteiger partial charge in [0, 0.05) is 16.1 Å². The number of aryl methyl sites for hydroxylation is 1. The van der Waals surface area contributed by atoms with Gasteiger partial charge in [0.1, 0.15) is 22.9 Å². The molecular formula is C26H24ClN3O6. The molecule has 9 nitrogen and oxygen atoms in total. The Balaban J connectivity index is 1.74. The van der Waals surface area contributed by atoms with Crippen molar-refractivity contribution in [2.75, 3.05) is 21.3 Å². The van der Waals surface area contributed by atoms with Crippen molar-refractivity contribution in [3.63, 3.8) is 0 Å². The minimum Gasteiger partial charge on any atom is -0.507 e. The number of aromatic nitrogens is 2. The number of H-pyrrole nitrogens is 1. The van der Waals surface area contributed by atoms with Crippen LogP contribution in [-0.4, -0.2) is 47.4 Å². The Bertz CT molecular complexity index is 1420. The molecule has 1 amide bonds. The van der Waals surface area contributed by atoms with Gasteiger partial charge in [-0.3, -0.25) is 9.89 Å². The lowest BCUT2D eigenvalue weighted by Crippen LogP contribution is -2.29. The number of ether oxygens (including phenoxy) is 3. The van der Waals surface area contributed by atoms with Gasteiger partial charge in [-0.25, -0.2) is 0 Å². The van der Waals surface area contributed by atoms with Crippen molar-refractivity contribution in [3.8, 4) is 34.3 Å². The minimum absolute atomic E-state index is 0.00627. The number of benzene rings is 2. The third kappa shape index (κ3) is 3.72. The predicted octanol–water partition coefficient (Wildman–Crippen LogP) is 5.11. The molecule has 10 heteroatoms. The summed E-state index contributed by atoms with van der Waals surface area (Å²) in [5.41, 5.74) is 3.15. The molecule has 0 radical (unpaired) electrons. The van der Waals surface area contributed by atoms with Gasteiger partial charge in [-0.05, 0) is 54.4 Å². The SMILES string of the molecule is COc1cc(C2c3c(-c4cc(Cl)c(C)cc4O)n[nH]c3C(=O)N2Cc2ccco2)cc(OC)c1OC. The second kappa shape index (κ2) is 9.16. The third-order valence-corrected chi connectivity index (χ3v) is 6.71. The number of rotatable bonds is 7. The van der Waals surface area contributed by atoms with Gasteiger partial charge >= 0.3 is 0 Å². The quantitative estimate of drug-likeness (QED) is 0.356. The van der Waals surface area contributed by atoms with Gasteiger partial charge in [-0.2, -0.15) is 5.10 Å². The second-order valence-electron chi connectivity index (χ2n) is 8.35. The molecule has 0 saturated carbocycles. The standard InChI is InChI=1S/C26H24ClN3O6/c1-13-8-18(31)16(11-17(13)27)22-21-23(29-28-22)26(32)30(12-15-6-5-7-36-15)24(21)14-9-19(33-2)25(35-4)20(10-14)34-3/h5-11,24,31H,12H2,1-4H3,(H,28,29). The van der Waals surface area contributed by atoms with E-state index in [2.05, 4.69) is 10.2 Å². The summed E-state index contributed by atoms with van der Waals surface area (Å²) < 4.78 is 22.2. The number of phenolic OH excluding ortho intramolecular Hbond substituents is 1. The minimum atomic E-state index is -0.612. The molecule has 186 valence electrons. The molecule has 1 aliphatic heterocycles. The summed E-state index contributed by atoms with van der Waals surface area (Å²) in [6.07, 6.45) is 1.56. The van der Waals surface area contributed by atoms with Gasteiger partial charge in [0.05, 0.1) is 40.2 Å². The van der Waals surface area contributed by atoms with Crippen LogP contribution in [0.25, 0.3) is 11.3 Å². The molecular weight excluding hydrogens is 486 g/mol. The van der Waals surface area contributed by atoms with E-state index in [1.54, 1.807) is 54.5 Å². The lowest BCUT2D eigenvalue weighted by Gasteiger charge is -2.27. The second-order valence-corrected chi connectivity index (χ2v) is 8.76. The molecule has 0 aliphatic carbocycles. The van der Waals surface area contributed by atoms with Gasteiger partial charge in [-0.1, -0.05) is 11.6 Å². The molecule has 2 aromatic carbocycles. The Morgan fingerprint density at radius 2 is 1.86 bits per heavy atom. The lowest BCUT2D eigenvalue weighted by atomic mass is 9.94. The van der Waals surface area contributed by atoms with E-state index in [0.29, 0.717) is 56.1 Å². The number of hydrogen-bond acceptors (Lipinski definition) is 7. The summed E-state index contributed by atoms with van der Waals surface area (Å²) >= 11 is 6.39. The zero-order chi connectivity index (χ0) is 25.6. The summed E-state index contributed by atoms with van der Waals surface area (Å²) in [6.45, 7) is 2.00. The molecule has 0 saturated heterocycles. The zero-order valence-corrected chi connectivity index (χ0v) is 20.8. The van der Waals surface area contributed by atoms with Crippen molar-refractivity contribution < 1.29 is 28.5 Å². The van der Waals surface area contributed by atoms with E-state index >= 15 is 0 Å². The molecule has 1 unspecified atom stereocenters. The summed E-state index contributed by atoms with van der Waals surface area (Å²) in [6, 6.07) is 9.77. The average molecular weight is 510 g/mol. The van der Waals surface area contributed by atoms with Crippen LogP contribution in [0.15, 0.2) is 47.1 Å². The number of carbonyl (C=O) groups excluding carboxylic acids is 1. The van der Waals surface area contributed by atoms with Gasteiger partial charge in [0.2, 0.25) is 5.75 Å². The fourth-order valence-corrected chi connectivity index (χ4v) is 4.76. The number of phenols is 1. The molecule has 0 fully saturated rings. The highest BCUT2D eigenvalue weighted by Crippen LogP contribution is 2.49. The third-order valence-electron chi connectivity index (χ3n) is 6.30. The fraction of sp³-hybridized carbons (Fsp3) is 0.231. The molecule has 5 rings (SSSR count). The van der Waals surface area contributed by atoms with E-state index in [-0.39, 0.29) is 18.2 Å². The molecule has 36 heavy (non-hydrogen) atoms. The van der Waals surface area contributed by atoms with Gasteiger partial charge in [0.15, 0.2) is 11.5 Å². The van der Waals surface area contributed by atoms with Crippen LogP contribution in [0.1, 0.15) is 39.0 Å². The first-order chi connectivity index (χ1) is 17.4. The lowest BCUT2D eigenvalue weighted by molar-refractivity contribution is 0.0716. The number of halogens is 1. The number of aromatic hydroxyl groups is 1. The van der Waals surface area contributed by atoms with Crippen LogP contribution in [0.2, 0.25) is 5.02 Å². The average Bonchev–Trinajstić information content (AvgIpc) is 3.60. The highest BCUT2D eigenvalue weighted by molar-refractivity contribution is 6.31. The summed E-state index contributed by atoms with van der Waals surface area (Å²) in [4.78, 5) is 15.3. The maximum Gasteiger partial charge on any atom is 0.273 e. The van der Waals surface area contributed by atoms with Crippen molar-refractivity contribution in [1.29, 1.82) is 0 Å². The fourth-order valence-electron chi connectivity index (χ4n) is 4.60. The van der Waals surface area contributed by atoms with E-state index in [1.165, 1.54) is 21.3 Å². The monoisotopic (exact) mass is 509 g/mol. The molecule has 0 bridgehead atoms. The Kier molecular flexibility index (Phi) is 6.01. The van der Waals surface area contributed by atoms with Crippen LogP contribution >= 0.6 is 11.6 Å². The Morgan fingerprint density at radius 1 is 1.14 bits per heavy atom. The molecule has 2 N–H and O–H groups in total. The van der Waals surface area contributed by atoms with Crippen LogP contribution in [-0.2, 0) is 6.54 Å². The molecule has 0 spiro atoms. The Morgan fingerprint density at radius 3 is 2.47 bits per heavy atom. The van der Waals surface area contributed by atoms with Crippen LogP contribution in [0.5, 0.6) is 23.0 Å². The Hall–Kier alpha value is -4.11. The van der Waals surface area contributed by atoms with Crippen molar-refractivity contribution >= 4 is 17.5 Å². The summed E-state index contributed by atoms with van der Waals surface area (Å²) in [5.74, 6) is 1.67. The zero-order valence-electron chi connectivity index (χ0n) is 20.1. The largest absolute Gasteiger partial charge is 0.507 e. The van der Waals surface area contributed by atoms with Crippen LogP contribution < -0.4 is 14.2 Å². The van der Waals surface area contributed by atoms with Crippen molar-refractivity contribution in [2.45, 2.75) is 19.5 Å². The first kappa shape index (κ1) is 23.6. The van der Waals surface area contributed by atoms with E-state index in [4.69, 9.17) is 30.2 Å².